The lowest BCUT2D eigenvalue weighted by Gasteiger charge is -2.51. The van der Waals surface area contributed by atoms with Gasteiger partial charge in [0.05, 0.1) is 12.6 Å². The number of rotatable bonds is 4. The van der Waals surface area contributed by atoms with E-state index in [1.807, 2.05) is 43.5 Å². The van der Waals surface area contributed by atoms with Crippen LogP contribution < -0.4 is 0 Å². The molecule has 1 amide bonds. The predicted molar refractivity (Wildman–Crippen MR) is 121 cm³/mol. The summed E-state index contributed by atoms with van der Waals surface area (Å²) in [6, 6.07) is 9.89. The summed E-state index contributed by atoms with van der Waals surface area (Å²) in [7, 11) is 0. The van der Waals surface area contributed by atoms with Crippen molar-refractivity contribution in [1.29, 1.82) is 5.26 Å². The zero-order chi connectivity index (χ0) is 22.2. The number of allylic oxidation sites excluding steroid dienone is 3. The van der Waals surface area contributed by atoms with Crippen LogP contribution in [0, 0.1) is 34.5 Å². The van der Waals surface area contributed by atoms with Crippen molar-refractivity contribution in [1.82, 2.24) is 4.90 Å². The van der Waals surface area contributed by atoms with E-state index in [0.717, 1.165) is 30.4 Å². The Morgan fingerprint density at radius 1 is 1.26 bits per heavy atom. The van der Waals surface area contributed by atoms with Crippen LogP contribution in [0.4, 0.5) is 0 Å². The van der Waals surface area contributed by atoms with Gasteiger partial charge in [0.15, 0.2) is 5.78 Å². The number of hydrogen-bond donors (Lipinski definition) is 0. The van der Waals surface area contributed by atoms with Gasteiger partial charge < -0.3 is 4.90 Å². The molecule has 4 atom stereocenters. The predicted octanol–water partition coefficient (Wildman–Crippen LogP) is 5.83. The van der Waals surface area contributed by atoms with Gasteiger partial charge in [-0.2, -0.15) is 5.26 Å². The van der Waals surface area contributed by atoms with E-state index in [0.29, 0.717) is 30.8 Å². The fraction of sp³-hybridized carbons (Fsp3) is 0.500. The number of fused-ring (bicyclic) bond motifs is 3. The van der Waals surface area contributed by atoms with Crippen LogP contribution in [0.3, 0.4) is 0 Å². The maximum Gasteiger partial charge on any atom is 0.226 e. The van der Waals surface area contributed by atoms with E-state index >= 15 is 0 Å². The Kier molecular flexibility index (Phi) is 6.08. The van der Waals surface area contributed by atoms with Crippen molar-refractivity contribution >= 4 is 23.3 Å². The number of nitrogens with zero attached hydrogens (tertiary/aromatic N) is 2. The monoisotopic (exact) mass is 436 g/mol. The molecule has 5 heteroatoms. The van der Waals surface area contributed by atoms with Gasteiger partial charge >= 0.3 is 0 Å². The average Bonchev–Trinajstić information content (AvgIpc) is 2.86. The Bertz CT molecular complexity index is 1000. The van der Waals surface area contributed by atoms with Crippen LogP contribution in [0.1, 0.15) is 57.9 Å². The third kappa shape index (κ3) is 3.96. The standard InChI is InChI=1S/C26H29ClN2O2/c1-17-14-23(30)25-21(20(17)7-5-13-28)10-9-19-16-29(24(31)11-12-26(19,25)2)15-18-6-3-4-8-22(18)27/h3-4,6,8,14,16,20-21,25H,5,7,9-12,15H2,1-2H3/t20-,21+,25-,26+/m1/s1. The van der Waals surface area contributed by atoms with Crippen LogP contribution in [0.5, 0.6) is 0 Å². The minimum absolute atomic E-state index is 0.0793. The molecule has 1 heterocycles. The quantitative estimate of drug-likeness (QED) is 0.596. The van der Waals surface area contributed by atoms with Gasteiger partial charge in [-0.1, -0.05) is 42.3 Å². The molecule has 1 aromatic carbocycles. The highest BCUT2D eigenvalue weighted by atomic mass is 35.5. The zero-order valence-corrected chi connectivity index (χ0v) is 19.0. The lowest BCUT2D eigenvalue weighted by molar-refractivity contribution is -0.131. The molecule has 1 fully saturated rings. The van der Waals surface area contributed by atoms with E-state index < -0.39 is 0 Å². The summed E-state index contributed by atoms with van der Waals surface area (Å²) in [5.74, 6) is 0.677. The van der Waals surface area contributed by atoms with Gasteiger partial charge in [0.25, 0.3) is 0 Å². The number of benzene rings is 1. The van der Waals surface area contributed by atoms with Crippen molar-refractivity contribution < 1.29 is 9.59 Å². The lowest BCUT2D eigenvalue weighted by atomic mass is 9.52. The Morgan fingerprint density at radius 2 is 2.03 bits per heavy atom. The molecule has 1 aliphatic heterocycles. The summed E-state index contributed by atoms with van der Waals surface area (Å²) < 4.78 is 0. The van der Waals surface area contributed by atoms with Crippen molar-refractivity contribution in [3.8, 4) is 6.07 Å². The maximum atomic E-state index is 13.2. The summed E-state index contributed by atoms with van der Waals surface area (Å²) in [5, 5.41) is 9.77. The molecule has 0 spiro atoms. The number of amides is 1. The molecule has 0 radical (unpaired) electrons. The number of ketones is 1. The molecule has 162 valence electrons. The molecule has 4 rings (SSSR count). The van der Waals surface area contributed by atoms with Gasteiger partial charge in [-0.15, -0.1) is 0 Å². The molecule has 0 bridgehead atoms. The van der Waals surface area contributed by atoms with Gasteiger partial charge in [-0.25, -0.2) is 0 Å². The third-order valence-electron chi connectivity index (χ3n) is 7.73. The van der Waals surface area contributed by atoms with Gasteiger partial charge in [0.1, 0.15) is 0 Å². The van der Waals surface area contributed by atoms with E-state index in [2.05, 4.69) is 13.0 Å². The molecular formula is C26H29ClN2O2. The van der Waals surface area contributed by atoms with Crippen LogP contribution in [0.25, 0.3) is 0 Å². The van der Waals surface area contributed by atoms with Gasteiger partial charge in [-0.3, -0.25) is 9.59 Å². The Labute approximate surface area is 189 Å². The van der Waals surface area contributed by atoms with E-state index in [1.54, 1.807) is 4.90 Å². The number of hydrogen-bond acceptors (Lipinski definition) is 3. The highest BCUT2D eigenvalue weighted by Gasteiger charge is 2.53. The molecule has 0 N–H and O–H groups in total. The van der Waals surface area contributed by atoms with Crippen LogP contribution in [0.2, 0.25) is 5.02 Å². The molecule has 4 nitrogen and oxygen atoms in total. The van der Waals surface area contributed by atoms with Gasteiger partial charge in [0.2, 0.25) is 5.91 Å². The third-order valence-corrected chi connectivity index (χ3v) is 8.10. The molecule has 1 saturated carbocycles. The van der Waals surface area contributed by atoms with Gasteiger partial charge in [-0.05, 0) is 67.7 Å². The number of carbonyl (C=O) groups is 2. The van der Waals surface area contributed by atoms with Crippen molar-refractivity contribution in [2.24, 2.45) is 23.2 Å². The minimum atomic E-state index is -0.326. The molecule has 31 heavy (non-hydrogen) atoms. The van der Waals surface area contributed by atoms with Crippen LogP contribution in [0.15, 0.2) is 47.7 Å². The SMILES string of the molecule is CC1=CC(=O)[C@H]2[C@@H](CCC3=CN(Cc4ccccc4Cl)C(=O)CC[C@@]32C)[C@@H]1CCC#N. The highest BCUT2D eigenvalue weighted by Crippen LogP contribution is 2.57. The normalized spacial score (nSPS) is 30.5. The molecule has 0 aromatic heterocycles. The Balaban J connectivity index is 1.67. The van der Waals surface area contributed by atoms with Gasteiger partial charge in [0, 0.05) is 35.4 Å². The van der Waals surface area contributed by atoms with Crippen molar-refractivity contribution in [2.75, 3.05) is 0 Å². The number of carbonyl (C=O) groups excluding carboxylic acids is 2. The average molecular weight is 437 g/mol. The summed E-state index contributed by atoms with van der Waals surface area (Å²) >= 11 is 6.35. The Hall–Kier alpha value is -2.38. The topological polar surface area (TPSA) is 61.2 Å². The van der Waals surface area contributed by atoms with E-state index in [9.17, 15) is 9.59 Å². The summed E-state index contributed by atoms with van der Waals surface area (Å²) in [6.45, 7) is 4.66. The number of halogens is 1. The molecule has 3 aliphatic rings. The van der Waals surface area contributed by atoms with Crippen LogP contribution in [-0.2, 0) is 16.1 Å². The Morgan fingerprint density at radius 3 is 2.77 bits per heavy atom. The molecule has 0 saturated heterocycles. The lowest BCUT2D eigenvalue weighted by Crippen LogP contribution is -2.48. The molecule has 0 unspecified atom stereocenters. The summed E-state index contributed by atoms with van der Waals surface area (Å²) in [4.78, 5) is 28.1. The van der Waals surface area contributed by atoms with E-state index in [-0.39, 0.29) is 34.9 Å². The van der Waals surface area contributed by atoms with Crippen molar-refractivity contribution in [3.63, 3.8) is 0 Å². The minimum Gasteiger partial charge on any atom is -0.315 e. The first-order valence-corrected chi connectivity index (χ1v) is 11.6. The fourth-order valence-electron chi connectivity index (χ4n) is 6.07. The molecular weight excluding hydrogens is 408 g/mol. The molecule has 2 aliphatic carbocycles. The van der Waals surface area contributed by atoms with E-state index in [1.165, 1.54) is 5.57 Å². The summed E-state index contributed by atoms with van der Waals surface area (Å²) in [5.41, 5.74) is 2.91. The van der Waals surface area contributed by atoms with E-state index in [4.69, 9.17) is 16.9 Å². The first-order chi connectivity index (χ1) is 14.8. The second-order valence-electron chi connectivity index (χ2n) is 9.46. The largest absolute Gasteiger partial charge is 0.315 e. The first-order valence-electron chi connectivity index (χ1n) is 11.2. The second-order valence-corrected chi connectivity index (χ2v) is 9.87. The summed E-state index contributed by atoms with van der Waals surface area (Å²) in [6.07, 6.45) is 8.05. The first kappa shape index (κ1) is 21.8. The van der Waals surface area contributed by atoms with Crippen LogP contribution >= 0.6 is 11.6 Å². The van der Waals surface area contributed by atoms with Crippen molar-refractivity contribution in [3.05, 3.63) is 58.3 Å². The van der Waals surface area contributed by atoms with Crippen molar-refractivity contribution in [2.45, 2.75) is 58.9 Å². The number of nitriles is 1. The fourth-order valence-corrected chi connectivity index (χ4v) is 6.26. The zero-order valence-electron chi connectivity index (χ0n) is 18.2. The smallest absolute Gasteiger partial charge is 0.226 e. The van der Waals surface area contributed by atoms with Crippen LogP contribution in [-0.4, -0.2) is 16.6 Å². The molecule has 1 aromatic rings. The maximum absolute atomic E-state index is 13.2. The highest BCUT2D eigenvalue weighted by molar-refractivity contribution is 6.31. The second kappa shape index (κ2) is 8.63.